The van der Waals surface area contributed by atoms with E-state index in [2.05, 4.69) is 18.7 Å². The highest BCUT2D eigenvalue weighted by Gasteiger charge is 2.58. The highest BCUT2D eigenvalue weighted by atomic mass is 32.2. The molecule has 4 aliphatic carbocycles. The second-order valence-corrected chi connectivity index (χ2v) is 14.8. The average molecular weight is 495 g/mol. The van der Waals surface area contributed by atoms with Gasteiger partial charge in [-0.1, -0.05) is 13.8 Å². The van der Waals surface area contributed by atoms with Gasteiger partial charge in [0, 0.05) is 32.1 Å². The summed E-state index contributed by atoms with van der Waals surface area (Å²) in [5.74, 6) is 4.30. The predicted molar refractivity (Wildman–Crippen MR) is 134 cm³/mol. The van der Waals surface area contributed by atoms with E-state index in [4.69, 9.17) is 0 Å². The standard InChI is InChI=1S/C27H46N2O4S/c1-4-27(31)12-10-20-19(17-27)5-6-22-21(20)9-11-26(2)23(22)7-8-24(26)25(30)18-28-13-15-29(16-14-28)34(3,32)33/h19-24,31H,4-18H2,1-3H3/t19-,20-,21+,22+,23-,24+,26-,27+/m0/s1. The maximum Gasteiger partial charge on any atom is 0.211 e. The van der Waals surface area contributed by atoms with E-state index in [0.29, 0.717) is 50.3 Å². The summed E-state index contributed by atoms with van der Waals surface area (Å²) in [5.41, 5.74) is -0.284. The number of rotatable bonds is 5. The fourth-order valence-electron chi connectivity index (χ4n) is 9.36. The first-order chi connectivity index (χ1) is 16.0. The van der Waals surface area contributed by atoms with Crippen LogP contribution in [0.15, 0.2) is 0 Å². The molecular formula is C27H46N2O4S. The first kappa shape index (κ1) is 25.2. The highest BCUT2D eigenvalue weighted by Crippen LogP contribution is 2.64. The summed E-state index contributed by atoms with van der Waals surface area (Å²) in [4.78, 5) is 15.7. The van der Waals surface area contributed by atoms with Crippen molar-refractivity contribution in [3.63, 3.8) is 0 Å². The van der Waals surface area contributed by atoms with Crippen LogP contribution in [0.5, 0.6) is 0 Å². The summed E-state index contributed by atoms with van der Waals surface area (Å²) in [7, 11) is -3.14. The van der Waals surface area contributed by atoms with Crippen molar-refractivity contribution < 1.29 is 18.3 Å². The Morgan fingerprint density at radius 3 is 2.32 bits per heavy atom. The van der Waals surface area contributed by atoms with Crippen LogP contribution in [-0.2, 0) is 14.8 Å². The minimum atomic E-state index is -3.14. The second kappa shape index (κ2) is 9.11. The number of carbonyl (C=O) groups excluding carboxylic acids is 1. The Kier molecular flexibility index (Phi) is 6.74. The molecule has 6 nitrogen and oxygen atoms in total. The lowest BCUT2D eigenvalue weighted by atomic mass is 9.48. The highest BCUT2D eigenvalue weighted by molar-refractivity contribution is 7.88. The Morgan fingerprint density at radius 1 is 0.941 bits per heavy atom. The Morgan fingerprint density at radius 2 is 1.65 bits per heavy atom. The molecule has 8 atom stereocenters. The van der Waals surface area contributed by atoms with Gasteiger partial charge >= 0.3 is 0 Å². The molecule has 5 rings (SSSR count). The Balaban J connectivity index is 1.21. The second-order valence-electron chi connectivity index (χ2n) is 12.8. The molecule has 194 valence electrons. The first-order valence-corrected chi connectivity index (χ1v) is 15.8. The molecule has 5 fully saturated rings. The lowest BCUT2D eigenvalue weighted by Gasteiger charge is -2.57. The first-order valence-electron chi connectivity index (χ1n) is 14.0. The van der Waals surface area contributed by atoms with Gasteiger partial charge in [0.2, 0.25) is 10.0 Å². The number of fused-ring (bicyclic) bond motifs is 5. The van der Waals surface area contributed by atoms with E-state index in [1.807, 2.05) is 0 Å². The minimum absolute atomic E-state index is 0.137. The molecule has 0 aromatic rings. The number of hydrogen-bond donors (Lipinski definition) is 1. The number of hydrogen-bond acceptors (Lipinski definition) is 5. The van der Waals surface area contributed by atoms with Gasteiger partial charge in [-0.2, -0.15) is 4.31 Å². The van der Waals surface area contributed by atoms with Gasteiger partial charge in [0.15, 0.2) is 0 Å². The molecule has 34 heavy (non-hydrogen) atoms. The molecule has 0 unspecified atom stereocenters. The zero-order chi connectivity index (χ0) is 24.3. The number of sulfonamides is 1. The van der Waals surface area contributed by atoms with Crippen LogP contribution in [0, 0.1) is 40.9 Å². The SMILES string of the molecule is CC[C@@]1(O)CC[C@H]2[C@@H](CC[C@@H]3[C@@H]2CC[C@]2(C)[C@@H](C(=O)CN4CCN(S(C)(=O)=O)CC4)CC[C@@H]32)C1. The molecule has 1 aliphatic heterocycles. The van der Waals surface area contributed by atoms with E-state index in [1.165, 1.54) is 49.1 Å². The van der Waals surface area contributed by atoms with E-state index in [1.54, 1.807) is 0 Å². The molecule has 0 bridgehead atoms. The Labute approximate surface area is 206 Å². The zero-order valence-electron chi connectivity index (χ0n) is 21.5. The molecule has 0 spiro atoms. The topological polar surface area (TPSA) is 77.9 Å². The molecule has 1 saturated heterocycles. The summed E-state index contributed by atoms with van der Waals surface area (Å²) in [6.45, 7) is 7.35. The van der Waals surface area contributed by atoms with E-state index in [9.17, 15) is 18.3 Å². The summed E-state index contributed by atoms with van der Waals surface area (Å²) < 4.78 is 25.1. The van der Waals surface area contributed by atoms with Gasteiger partial charge in [-0.05, 0) is 99.2 Å². The molecule has 4 saturated carbocycles. The molecule has 1 N–H and O–H groups in total. The van der Waals surface area contributed by atoms with Crippen molar-refractivity contribution in [1.29, 1.82) is 0 Å². The van der Waals surface area contributed by atoms with Gasteiger partial charge in [0.05, 0.1) is 18.4 Å². The molecule has 5 aliphatic rings. The quantitative estimate of drug-likeness (QED) is 0.633. The normalized spacial score (nSPS) is 45.9. The van der Waals surface area contributed by atoms with Crippen LogP contribution in [0.25, 0.3) is 0 Å². The minimum Gasteiger partial charge on any atom is -0.390 e. The van der Waals surface area contributed by atoms with Crippen molar-refractivity contribution in [2.45, 2.75) is 83.7 Å². The number of carbonyl (C=O) groups is 1. The number of aliphatic hydroxyl groups is 1. The predicted octanol–water partition coefficient (Wildman–Crippen LogP) is 3.54. The van der Waals surface area contributed by atoms with E-state index >= 15 is 0 Å². The monoisotopic (exact) mass is 494 g/mol. The maximum absolute atomic E-state index is 13.5. The van der Waals surface area contributed by atoms with Gasteiger partial charge in [-0.3, -0.25) is 9.69 Å². The lowest BCUT2D eigenvalue weighted by molar-refractivity contribution is -0.134. The van der Waals surface area contributed by atoms with Crippen molar-refractivity contribution in [3.05, 3.63) is 0 Å². The van der Waals surface area contributed by atoms with Gasteiger partial charge < -0.3 is 5.11 Å². The molecular weight excluding hydrogens is 448 g/mol. The molecule has 0 amide bonds. The third kappa shape index (κ3) is 4.41. The summed E-state index contributed by atoms with van der Waals surface area (Å²) >= 11 is 0. The van der Waals surface area contributed by atoms with E-state index in [-0.39, 0.29) is 11.3 Å². The lowest BCUT2D eigenvalue weighted by Crippen LogP contribution is -2.53. The number of piperazine rings is 1. The third-order valence-electron chi connectivity index (χ3n) is 11.3. The van der Waals surface area contributed by atoms with Gasteiger partial charge in [-0.25, -0.2) is 8.42 Å². The molecule has 0 aromatic heterocycles. The van der Waals surface area contributed by atoms with Crippen LogP contribution in [0.2, 0.25) is 0 Å². The van der Waals surface area contributed by atoms with E-state index < -0.39 is 15.6 Å². The zero-order valence-corrected chi connectivity index (χ0v) is 22.4. The number of ketones is 1. The van der Waals surface area contributed by atoms with Gasteiger partial charge in [0.1, 0.15) is 5.78 Å². The van der Waals surface area contributed by atoms with Crippen molar-refractivity contribution in [2.24, 2.45) is 40.9 Å². The number of Topliss-reactive ketones (excluding diaryl/α,β-unsaturated/α-hetero) is 1. The fraction of sp³-hybridized carbons (Fsp3) is 0.963. The number of nitrogens with zero attached hydrogens (tertiary/aromatic N) is 2. The van der Waals surface area contributed by atoms with Crippen molar-refractivity contribution in [1.82, 2.24) is 9.21 Å². The Bertz CT molecular complexity index is 885. The molecule has 0 radical (unpaired) electrons. The van der Waals surface area contributed by atoms with Crippen LogP contribution in [0.3, 0.4) is 0 Å². The van der Waals surface area contributed by atoms with Gasteiger partial charge in [-0.15, -0.1) is 0 Å². The van der Waals surface area contributed by atoms with Crippen LogP contribution in [0.4, 0.5) is 0 Å². The smallest absolute Gasteiger partial charge is 0.211 e. The molecule has 0 aromatic carbocycles. The maximum atomic E-state index is 13.5. The molecule has 1 heterocycles. The average Bonchev–Trinajstić information content (AvgIpc) is 3.16. The van der Waals surface area contributed by atoms with Crippen LogP contribution >= 0.6 is 0 Å². The third-order valence-corrected chi connectivity index (χ3v) is 12.6. The van der Waals surface area contributed by atoms with Crippen LogP contribution < -0.4 is 0 Å². The summed E-state index contributed by atoms with van der Waals surface area (Å²) in [6, 6.07) is 0. The van der Waals surface area contributed by atoms with Crippen molar-refractivity contribution >= 4 is 15.8 Å². The fourth-order valence-corrected chi connectivity index (χ4v) is 10.2. The van der Waals surface area contributed by atoms with Crippen molar-refractivity contribution in [2.75, 3.05) is 39.0 Å². The summed E-state index contributed by atoms with van der Waals surface area (Å²) in [6.07, 6.45) is 12.6. The van der Waals surface area contributed by atoms with Gasteiger partial charge in [0.25, 0.3) is 0 Å². The summed E-state index contributed by atoms with van der Waals surface area (Å²) in [5, 5.41) is 10.9. The molecule has 7 heteroatoms. The van der Waals surface area contributed by atoms with E-state index in [0.717, 1.165) is 43.4 Å². The largest absolute Gasteiger partial charge is 0.390 e. The Hall–Kier alpha value is -0.500. The van der Waals surface area contributed by atoms with Crippen molar-refractivity contribution in [3.8, 4) is 0 Å². The van der Waals surface area contributed by atoms with Crippen LogP contribution in [-0.4, -0.2) is 73.1 Å². The van der Waals surface area contributed by atoms with Crippen LogP contribution in [0.1, 0.15) is 78.1 Å².